The van der Waals surface area contributed by atoms with Crippen molar-refractivity contribution >= 4 is 29.3 Å². The van der Waals surface area contributed by atoms with Crippen LogP contribution in [0, 0.1) is 12.7 Å². The summed E-state index contributed by atoms with van der Waals surface area (Å²) in [4.78, 5) is 20.0. The van der Waals surface area contributed by atoms with Gasteiger partial charge in [-0.25, -0.2) is 14.4 Å². The Morgan fingerprint density at radius 1 is 1.17 bits per heavy atom. The lowest BCUT2D eigenvalue weighted by Crippen LogP contribution is -2.14. The molecule has 0 aromatic carbocycles. The van der Waals surface area contributed by atoms with Crippen molar-refractivity contribution in [3.63, 3.8) is 0 Å². The van der Waals surface area contributed by atoms with Crippen LogP contribution < -0.4 is 10.6 Å². The summed E-state index contributed by atoms with van der Waals surface area (Å²) in [5.41, 5.74) is 0.887. The molecule has 0 spiro atoms. The van der Waals surface area contributed by atoms with E-state index in [1.165, 1.54) is 0 Å². The van der Waals surface area contributed by atoms with Crippen molar-refractivity contribution in [3.8, 4) is 0 Å². The van der Waals surface area contributed by atoms with E-state index in [9.17, 15) is 4.39 Å². The zero-order valence-corrected chi connectivity index (χ0v) is 13.5. The summed E-state index contributed by atoms with van der Waals surface area (Å²) in [6, 6.07) is 1.43. The maximum absolute atomic E-state index is 12.9. The van der Waals surface area contributed by atoms with Crippen LogP contribution >= 0.6 is 11.6 Å². The molecule has 3 rings (SSSR count). The van der Waals surface area contributed by atoms with E-state index in [-0.39, 0.29) is 23.2 Å². The molecule has 0 bridgehead atoms. The van der Waals surface area contributed by atoms with E-state index < -0.39 is 5.82 Å². The van der Waals surface area contributed by atoms with Crippen LogP contribution in [-0.4, -0.2) is 35.1 Å². The fourth-order valence-electron chi connectivity index (χ4n) is 1.87. The first-order chi connectivity index (χ1) is 11.5. The average Bonchev–Trinajstić information content (AvgIpc) is 2.92. The molecule has 3 aromatic rings. The third kappa shape index (κ3) is 3.90. The minimum Gasteiger partial charge on any atom is -0.344 e. The van der Waals surface area contributed by atoms with Crippen molar-refractivity contribution in [1.82, 2.24) is 35.1 Å². The van der Waals surface area contributed by atoms with Crippen LogP contribution in [0.3, 0.4) is 0 Å². The second-order valence-corrected chi connectivity index (χ2v) is 5.28. The molecule has 124 valence electrons. The number of H-pyrrole nitrogens is 1. The normalized spacial score (nSPS) is 12.0. The number of halogens is 2. The Bertz CT molecular complexity index is 836. The molecule has 0 saturated carbocycles. The van der Waals surface area contributed by atoms with Gasteiger partial charge in [0.05, 0.1) is 18.4 Å². The summed E-state index contributed by atoms with van der Waals surface area (Å²) in [5.74, 6) is 0.900. The lowest BCUT2D eigenvalue weighted by Gasteiger charge is -2.12. The highest BCUT2D eigenvalue weighted by Crippen LogP contribution is 2.18. The van der Waals surface area contributed by atoms with Gasteiger partial charge in [-0.05, 0) is 25.4 Å². The van der Waals surface area contributed by atoms with Gasteiger partial charge in [0.15, 0.2) is 11.6 Å². The van der Waals surface area contributed by atoms with E-state index in [0.29, 0.717) is 11.6 Å². The number of aromatic nitrogens is 7. The third-order valence-corrected chi connectivity index (χ3v) is 3.10. The Morgan fingerprint density at radius 3 is 2.54 bits per heavy atom. The van der Waals surface area contributed by atoms with E-state index in [4.69, 9.17) is 11.6 Å². The van der Waals surface area contributed by atoms with Gasteiger partial charge in [-0.3, -0.25) is 5.10 Å². The van der Waals surface area contributed by atoms with E-state index in [2.05, 4.69) is 45.8 Å². The summed E-state index contributed by atoms with van der Waals surface area (Å²) in [6.07, 6.45) is 2.18. The predicted molar refractivity (Wildman–Crippen MR) is 85.5 cm³/mol. The minimum atomic E-state index is -0.505. The quantitative estimate of drug-likeness (QED) is 0.642. The number of hydrogen-bond acceptors (Lipinski definition) is 8. The van der Waals surface area contributed by atoms with Crippen LogP contribution in [0.2, 0.25) is 5.28 Å². The summed E-state index contributed by atoms with van der Waals surface area (Å²) in [7, 11) is 0. The Hall–Kier alpha value is -2.88. The molecular weight excluding hydrogens is 337 g/mol. The van der Waals surface area contributed by atoms with E-state index >= 15 is 0 Å². The summed E-state index contributed by atoms with van der Waals surface area (Å²) in [6.45, 7) is 3.66. The zero-order chi connectivity index (χ0) is 17.1. The average molecular weight is 350 g/mol. The van der Waals surface area contributed by atoms with Crippen molar-refractivity contribution in [2.45, 2.75) is 19.9 Å². The fraction of sp³-hybridized carbons (Fsp3) is 0.231. The van der Waals surface area contributed by atoms with Gasteiger partial charge in [0, 0.05) is 11.8 Å². The van der Waals surface area contributed by atoms with E-state index in [1.807, 2.05) is 6.92 Å². The minimum absolute atomic E-state index is 0.00878. The molecule has 0 radical (unpaired) electrons. The number of hydrogen-bond donors (Lipinski definition) is 3. The molecule has 3 aromatic heterocycles. The Morgan fingerprint density at radius 2 is 1.88 bits per heavy atom. The van der Waals surface area contributed by atoms with Crippen molar-refractivity contribution in [2.24, 2.45) is 0 Å². The first-order valence-corrected chi connectivity index (χ1v) is 7.32. The molecule has 0 amide bonds. The second kappa shape index (κ2) is 6.71. The summed E-state index contributed by atoms with van der Waals surface area (Å²) in [5, 5.41) is 12.7. The monoisotopic (exact) mass is 349 g/mol. The first kappa shape index (κ1) is 16.0. The summed E-state index contributed by atoms with van der Waals surface area (Å²) < 4.78 is 12.9. The SMILES string of the molecule is Cc1cc(Nc2nc(Cl)nc(N[C@@H](C)c3ncc(F)cn3)n2)n[nH]1. The molecule has 11 heteroatoms. The highest BCUT2D eigenvalue weighted by molar-refractivity contribution is 6.28. The van der Waals surface area contributed by atoms with Crippen molar-refractivity contribution in [1.29, 1.82) is 0 Å². The molecule has 0 aliphatic heterocycles. The molecule has 3 heterocycles. The van der Waals surface area contributed by atoms with Gasteiger partial charge in [-0.15, -0.1) is 0 Å². The van der Waals surface area contributed by atoms with Gasteiger partial charge >= 0.3 is 0 Å². The van der Waals surface area contributed by atoms with E-state index in [0.717, 1.165) is 18.1 Å². The predicted octanol–water partition coefficient (Wildman–Crippen LogP) is 2.40. The standard InChI is InChI=1S/C13H13ClFN9/c1-6-3-9(24-23-6)19-13-21-11(14)20-12(22-13)18-7(2)10-16-4-8(15)5-17-10/h3-5,7H,1-2H3,(H3,18,19,20,21,22,23,24)/t7-/m0/s1. The molecule has 0 fully saturated rings. The second-order valence-electron chi connectivity index (χ2n) is 4.94. The highest BCUT2D eigenvalue weighted by Gasteiger charge is 2.13. The van der Waals surface area contributed by atoms with Gasteiger partial charge in [0.2, 0.25) is 17.2 Å². The van der Waals surface area contributed by atoms with E-state index in [1.54, 1.807) is 13.0 Å². The highest BCUT2D eigenvalue weighted by atomic mass is 35.5. The van der Waals surface area contributed by atoms with Crippen LogP contribution in [0.15, 0.2) is 18.5 Å². The molecular formula is C13H13ClFN9. The zero-order valence-electron chi connectivity index (χ0n) is 12.7. The van der Waals surface area contributed by atoms with Gasteiger partial charge in [-0.2, -0.15) is 20.1 Å². The molecule has 24 heavy (non-hydrogen) atoms. The Kier molecular flexibility index (Phi) is 4.47. The Labute approximate surface area is 141 Å². The van der Waals surface area contributed by atoms with Crippen LogP contribution in [-0.2, 0) is 0 Å². The van der Waals surface area contributed by atoms with Gasteiger partial charge < -0.3 is 10.6 Å². The summed E-state index contributed by atoms with van der Waals surface area (Å²) >= 11 is 5.92. The van der Waals surface area contributed by atoms with Gasteiger partial charge in [0.25, 0.3) is 0 Å². The number of aromatic amines is 1. The maximum atomic E-state index is 12.9. The van der Waals surface area contributed by atoms with Crippen molar-refractivity contribution in [3.05, 3.63) is 41.1 Å². The van der Waals surface area contributed by atoms with Crippen molar-refractivity contribution < 1.29 is 4.39 Å². The molecule has 0 saturated heterocycles. The van der Waals surface area contributed by atoms with Crippen molar-refractivity contribution in [2.75, 3.05) is 10.6 Å². The van der Waals surface area contributed by atoms with Crippen LogP contribution in [0.25, 0.3) is 0 Å². The molecule has 0 unspecified atom stereocenters. The third-order valence-electron chi connectivity index (χ3n) is 2.93. The largest absolute Gasteiger partial charge is 0.344 e. The maximum Gasteiger partial charge on any atom is 0.234 e. The van der Waals surface area contributed by atoms with Gasteiger partial charge in [-0.1, -0.05) is 0 Å². The molecule has 3 N–H and O–H groups in total. The fourth-order valence-corrected chi connectivity index (χ4v) is 2.03. The number of aryl methyl sites for hydroxylation is 1. The molecule has 1 atom stereocenters. The number of anilines is 3. The molecule has 9 nitrogen and oxygen atoms in total. The van der Waals surface area contributed by atoms with Crippen LogP contribution in [0.1, 0.15) is 24.5 Å². The molecule has 0 aliphatic carbocycles. The topological polar surface area (TPSA) is 117 Å². The lowest BCUT2D eigenvalue weighted by molar-refractivity contribution is 0.604. The number of rotatable bonds is 5. The Balaban J connectivity index is 1.76. The molecule has 0 aliphatic rings. The van der Waals surface area contributed by atoms with Crippen LogP contribution in [0.5, 0.6) is 0 Å². The first-order valence-electron chi connectivity index (χ1n) is 6.94. The number of nitrogens with one attached hydrogen (secondary N) is 3. The lowest BCUT2D eigenvalue weighted by atomic mass is 10.3. The van der Waals surface area contributed by atoms with Crippen LogP contribution in [0.4, 0.5) is 22.1 Å². The van der Waals surface area contributed by atoms with Gasteiger partial charge in [0.1, 0.15) is 5.82 Å². The number of nitrogens with zero attached hydrogens (tertiary/aromatic N) is 6. The smallest absolute Gasteiger partial charge is 0.234 e.